The molecule has 0 fully saturated rings. The highest BCUT2D eigenvalue weighted by Crippen LogP contribution is 2.32. The number of carbonyl (C=O) groups is 1. The largest absolute Gasteiger partial charge is 0.439 e. The van der Waals surface area contributed by atoms with Crippen molar-refractivity contribution < 1.29 is 22.7 Å². The number of benzene rings is 2. The van der Waals surface area contributed by atoms with Gasteiger partial charge in [-0.3, -0.25) is 0 Å². The Labute approximate surface area is 170 Å². The summed E-state index contributed by atoms with van der Waals surface area (Å²) in [6.45, 7) is 1.52. The Bertz CT molecular complexity index is 1040. The highest BCUT2D eigenvalue weighted by Gasteiger charge is 2.31. The third-order valence-corrected chi connectivity index (χ3v) is 3.85. The zero-order valence-corrected chi connectivity index (χ0v) is 16.0. The lowest BCUT2D eigenvalue weighted by Crippen LogP contribution is -2.20. The van der Waals surface area contributed by atoms with Gasteiger partial charge in [0.15, 0.2) is 0 Å². The molecule has 0 unspecified atom stereocenters. The van der Waals surface area contributed by atoms with Crippen molar-refractivity contribution in [2.24, 2.45) is 0 Å². The third kappa shape index (κ3) is 5.60. The van der Waals surface area contributed by atoms with Gasteiger partial charge in [0.25, 0.3) is 0 Å². The summed E-state index contributed by atoms with van der Waals surface area (Å²) < 4.78 is 44.4. The van der Waals surface area contributed by atoms with E-state index in [0.717, 1.165) is 12.1 Å². The number of hydrogen-bond donors (Lipinski definition) is 3. The molecular weight excluding hydrogens is 399 g/mol. The molecular formula is C20H18F3N5O2. The molecule has 0 spiro atoms. The molecule has 0 atom stereocenters. The number of ether oxygens (including phenoxy) is 1. The van der Waals surface area contributed by atoms with Crippen molar-refractivity contribution in [1.29, 1.82) is 0 Å². The van der Waals surface area contributed by atoms with Gasteiger partial charge in [-0.2, -0.15) is 18.2 Å². The number of carbonyl (C=O) groups excluding carboxylic acids is 1. The van der Waals surface area contributed by atoms with Crippen LogP contribution in [0.3, 0.4) is 0 Å². The predicted octanol–water partition coefficient (Wildman–Crippen LogP) is 5.28. The molecule has 2 amide bonds. The molecule has 0 aliphatic heterocycles. The second kappa shape index (κ2) is 8.68. The van der Waals surface area contributed by atoms with Crippen LogP contribution >= 0.6 is 0 Å². The van der Waals surface area contributed by atoms with Crippen molar-refractivity contribution in [1.82, 2.24) is 9.97 Å². The van der Waals surface area contributed by atoms with E-state index in [0.29, 0.717) is 28.8 Å². The highest BCUT2D eigenvalue weighted by atomic mass is 19.4. The molecule has 0 aliphatic carbocycles. The van der Waals surface area contributed by atoms with Crippen LogP contribution in [0.4, 0.5) is 35.3 Å². The summed E-state index contributed by atoms with van der Waals surface area (Å²) in [5.74, 6) is 1.23. The van der Waals surface area contributed by atoms with Crippen LogP contribution in [0.2, 0.25) is 0 Å². The maximum Gasteiger partial charge on any atom is 0.416 e. The van der Waals surface area contributed by atoms with E-state index in [4.69, 9.17) is 4.74 Å². The van der Waals surface area contributed by atoms with E-state index in [1.165, 1.54) is 13.0 Å². The van der Waals surface area contributed by atoms with Gasteiger partial charge >= 0.3 is 12.2 Å². The average molecular weight is 417 g/mol. The minimum Gasteiger partial charge on any atom is -0.439 e. The Morgan fingerprint density at radius 1 is 1.00 bits per heavy atom. The van der Waals surface area contributed by atoms with Crippen molar-refractivity contribution in [3.05, 3.63) is 65.9 Å². The Kier molecular flexibility index (Phi) is 6.05. The zero-order valence-electron chi connectivity index (χ0n) is 16.0. The molecule has 1 heterocycles. The van der Waals surface area contributed by atoms with Gasteiger partial charge in [-0.25, -0.2) is 9.78 Å². The third-order valence-electron chi connectivity index (χ3n) is 3.85. The Hall–Kier alpha value is -3.82. The fourth-order valence-corrected chi connectivity index (χ4v) is 2.56. The van der Waals surface area contributed by atoms with Gasteiger partial charge in [0.05, 0.1) is 5.56 Å². The van der Waals surface area contributed by atoms with E-state index in [1.807, 2.05) is 0 Å². The van der Waals surface area contributed by atoms with Crippen LogP contribution in [0.25, 0.3) is 0 Å². The summed E-state index contributed by atoms with van der Waals surface area (Å²) in [4.78, 5) is 20.3. The second-order valence-electron chi connectivity index (χ2n) is 6.26. The number of urea groups is 1. The predicted molar refractivity (Wildman–Crippen MR) is 107 cm³/mol. The van der Waals surface area contributed by atoms with Crippen LogP contribution in [0.15, 0.2) is 54.7 Å². The van der Waals surface area contributed by atoms with Crippen LogP contribution < -0.4 is 20.7 Å². The summed E-state index contributed by atoms with van der Waals surface area (Å²) >= 11 is 0. The fraction of sp³-hybridized carbons (Fsp3) is 0.150. The summed E-state index contributed by atoms with van der Waals surface area (Å²) in [5.41, 5.74) is 0.0317. The van der Waals surface area contributed by atoms with Gasteiger partial charge in [0, 0.05) is 30.7 Å². The number of alkyl halides is 3. The van der Waals surface area contributed by atoms with Gasteiger partial charge in [-0.15, -0.1) is 0 Å². The molecule has 3 N–H and O–H groups in total. The van der Waals surface area contributed by atoms with Gasteiger partial charge in [-0.05, 0) is 55.0 Å². The number of aryl methyl sites for hydroxylation is 1. The number of halogens is 3. The molecule has 0 aliphatic rings. The number of nitrogens with zero attached hydrogens (tertiary/aromatic N) is 2. The van der Waals surface area contributed by atoms with Crippen LogP contribution in [0.5, 0.6) is 11.6 Å². The minimum atomic E-state index is -4.49. The molecule has 1 aromatic heterocycles. The smallest absolute Gasteiger partial charge is 0.416 e. The van der Waals surface area contributed by atoms with Gasteiger partial charge in [0.2, 0.25) is 11.8 Å². The second-order valence-corrected chi connectivity index (χ2v) is 6.26. The molecule has 10 heteroatoms. The topological polar surface area (TPSA) is 88.2 Å². The van der Waals surface area contributed by atoms with Crippen LogP contribution in [0, 0.1) is 6.92 Å². The first-order valence-corrected chi connectivity index (χ1v) is 8.78. The molecule has 0 bridgehead atoms. The fourth-order valence-electron chi connectivity index (χ4n) is 2.56. The van der Waals surface area contributed by atoms with Crippen molar-refractivity contribution in [3.8, 4) is 11.6 Å². The van der Waals surface area contributed by atoms with Crippen LogP contribution in [-0.4, -0.2) is 23.0 Å². The molecule has 0 radical (unpaired) electrons. The van der Waals surface area contributed by atoms with E-state index in [1.54, 1.807) is 43.6 Å². The Morgan fingerprint density at radius 2 is 1.70 bits per heavy atom. The zero-order chi connectivity index (χ0) is 21.7. The average Bonchev–Trinajstić information content (AvgIpc) is 2.68. The molecule has 3 rings (SSSR count). The van der Waals surface area contributed by atoms with Gasteiger partial charge < -0.3 is 20.7 Å². The molecule has 0 saturated heterocycles. The van der Waals surface area contributed by atoms with E-state index in [-0.39, 0.29) is 5.69 Å². The number of rotatable bonds is 5. The SMILES string of the molecule is CNc1nccc(Oc2ccc(NC(=O)Nc3cc(C)cc(C(F)(F)F)c3)cc2)n1. The number of hydrogen-bond acceptors (Lipinski definition) is 5. The van der Waals surface area contributed by atoms with E-state index in [2.05, 4.69) is 25.9 Å². The van der Waals surface area contributed by atoms with E-state index >= 15 is 0 Å². The van der Waals surface area contributed by atoms with Gasteiger partial charge in [-0.1, -0.05) is 0 Å². The molecule has 156 valence electrons. The maximum atomic E-state index is 12.9. The number of amides is 2. The summed E-state index contributed by atoms with van der Waals surface area (Å²) in [6, 6.07) is 10.7. The Morgan fingerprint density at radius 3 is 2.37 bits per heavy atom. The molecule has 30 heavy (non-hydrogen) atoms. The van der Waals surface area contributed by atoms with Crippen LogP contribution in [-0.2, 0) is 6.18 Å². The summed E-state index contributed by atoms with van der Waals surface area (Å²) in [6.07, 6.45) is -2.95. The lowest BCUT2D eigenvalue weighted by Gasteiger charge is -2.12. The minimum absolute atomic E-state index is 0.0453. The molecule has 2 aromatic carbocycles. The monoisotopic (exact) mass is 417 g/mol. The first-order valence-electron chi connectivity index (χ1n) is 8.78. The normalized spacial score (nSPS) is 11.0. The molecule has 0 saturated carbocycles. The molecule has 7 nitrogen and oxygen atoms in total. The maximum absolute atomic E-state index is 12.9. The quantitative estimate of drug-likeness (QED) is 0.526. The van der Waals surface area contributed by atoms with Crippen molar-refractivity contribution in [2.75, 3.05) is 23.0 Å². The number of aromatic nitrogens is 2. The van der Waals surface area contributed by atoms with Crippen LogP contribution in [0.1, 0.15) is 11.1 Å². The first-order chi connectivity index (χ1) is 14.2. The van der Waals surface area contributed by atoms with Crippen molar-refractivity contribution in [3.63, 3.8) is 0 Å². The number of anilines is 3. The highest BCUT2D eigenvalue weighted by molar-refractivity contribution is 5.99. The van der Waals surface area contributed by atoms with E-state index < -0.39 is 17.8 Å². The van der Waals surface area contributed by atoms with Crippen molar-refractivity contribution >= 4 is 23.4 Å². The lowest BCUT2D eigenvalue weighted by molar-refractivity contribution is -0.137. The number of nitrogens with one attached hydrogen (secondary N) is 3. The van der Waals surface area contributed by atoms with E-state index in [9.17, 15) is 18.0 Å². The standard InChI is InChI=1S/C20H18F3N5O2/c1-12-9-13(20(21,22)23)11-15(10-12)27-19(29)26-14-3-5-16(6-4-14)30-17-7-8-25-18(24-2)28-17/h3-11H,1-2H3,(H,24,25,28)(H2,26,27,29). The van der Waals surface area contributed by atoms with Gasteiger partial charge in [0.1, 0.15) is 5.75 Å². The van der Waals surface area contributed by atoms with Crippen molar-refractivity contribution in [2.45, 2.75) is 13.1 Å². The first kappa shape index (κ1) is 20.9. The molecule has 3 aromatic rings. The Balaban J connectivity index is 1.63. The summed E-state index contributed by atoms with van der Waals surface area (Å²) in [5, 5.41) is 7.76. The lowest BCUT2D eigenvalue weighted by atomic mass is 10.1. The summed E-state index contributed by atoms with van der Waals surface area (Å²) in [7, 11) is 1.69.